The van der Waals surface area contributed by atoms with Gasteiger partial charge in [-0.25, -0.2) is 0 Å². The van der Waals surface area contributed by atoms with Crippen LogP contribution < -0.4 is 0 Å². The minimum absolute atomic E-state index is 0.660. The summed E-state index contributed by atoms with van der Waals surface area (Å²) in [7, 11) is 5.38. The quantitative estimate of drug-likeness (QED) is 0.382. The van der Waals surface area contributed by atoms with Crippen molar-refractivity contribution in [3.8, 4) is 0 Å². The Morgan fingerprint density at radius 3 is 2.75 bits per heavy atom. The average molecular weight is 108 g/mol. The van der Waals surface area contributed by atoms with E-state index < -0.39 is 0 Å². The molecule has 8 heavy (non-hydrogen) atoms. The predicted molar refractivity (Wildman–Crippen MR) is 39.2 cm³/mol. The van der Waals surface area contributed by atoms with E-state index in [2.05, 4.69) is 13.5 Å². The molecule has 0 aliphatic carbocycles. The van der Waals surface area contributed by atoms with E-state index in [0.717, 1.165) is 12.7 Å². The monoisotopic (exact) mass is 108 g/mol. The molecule has 2 radical (unpaired) electrons. The Morgan fingerprint density at radius 2 is 2.38 bits per heavy atom. The fraction of sp³-hybridized carbons (Fsp3) is 0.714. The van der Waals surface area contributed by atoms with Crippen LogP contribution >= 0.6 is 0 Å². The van der Waals surface area contributed by atoms with Crippen LogP contribution in [0, 0.1) is 5.92 Å². The molecule has 0 rings (SSSR count). The summed E-state index contributed by atoms with van der Waals surface area (Å²) in [6.07, 6.45) is 5.01. The highest BCUT2D eigenvalue weighted by Gasteiger charge is 1.93. The highest BCUT2D eigenvalue weighted by Crippen LogP contribution is 2.07. The van der Waals surface area contributed by atoms with E-state index >= 15 is 0 Å². The van der Waals surface area contributed by atoms with Crippen LogP contribution in [-0.2, 0) is 0 Å². The van der Waals surface area contributed by atoms with E-state index in [9.17, 15) is 0 Å². The maximum absolute atomic E-state index is 5.38. The molecule has 0 saturated carbocycles. The first-order chi connectivity index (χ1) is 3.81. The van der Waals surface area contributed by atoms with Crippen molar-refractivity contribution in [2.75, 3.05) is 0 Å². The normalized spacial score (nSPS) is 13.1. The van der Waals surface area contributed by atoms with Crippen LogP contribution in [0.2, 0.25) is 6.32 Å². The maximum Gasteiger partial charge on any atom is 0.0656 e. The Kier molecular flexibility index (Phi) is 4.83. The summed E-state index contributed by atoms with van der Waals surface area (Å²) < 4.78 is 0. The van der Waals surface area contributed by atoms with E-state index in [0.29, 0.717) is 5.92 Å². The molecule has 0 aliphatic rings. The van der Waals surface area contributed by atoms with Crippen molar-refractivity contribution in [1.82, 2.24) is 0 Å². The zero-order valence-electron chi connectivity index (χ0n) is 5.56. The van der Waals surface area contributed by atoms with Crippen LogP contribution in [0.25, 0.3) is 0 Å². The molecule has 0 aromatic heterocycles. The summed E-state index contributed by atoms with van der Waals surface area (Å²) in [5, 5.41) is 0. The largest absolute Gasteiger partial charge is 0.103 e. The first-order valence-corrected chi connectivity index (χ1v) is 3.12. The summed E-state index contributed by atoms with van der Waals surface area (Å²) in [6, 6.07) is 0. The lowest BCUT2D eigenvalue weighted by Crippen LogP contribution is -1.90. The Morgan fingerprint density at radius 1 is 1.75 bits per heavy atom. The van der Waals surface area contributed by atoms with Crippen molar-refractivity contribution in [2.45, 2.75) is 26.1 Å². The highest BCUT2D eigenvalue weighted by molar-refractivity contribution is 6.08. The molecule has 44 valence electrons. The van der Waals surface area contributed by atoms with Gasteiger partial charge in [0.15, 0.2) is 0 Å². The Hall–Kier alpha value is -0.195. The second-order valence-corrected chi connectivity index (χ2v) is 2.21. The summed E-state index contributed by atoms with van der Waals surface area (Å²) in [6.45, 7) is 5.78. The van der Waals surface area contributed by atoms with Gasteiger partial charge in [-0.05, 0) is 12.8 Å². The minimum atomic E-state index is 0.660. The smallest absolute Gasteiger partial charge is 0.0656 e. The third-order valence-electron chi connectivity index (χ3n) is 1.27. The van der Waals surface area contributed by atoms with Gasteiger partial charge < -0.3 is 0 Å². The lowest BCUT2D eigenvalue weighted by Gasteiger charge is -2.03. The molecule has 1 heteroatoms. The summed E-state index contributed by atoms with van der Waals surface area (Å²) in [5.74, 6) is 0.660. The molecule has 1 unspecified atom stereocenters. The molecule has 0 bridgehead atoms. The molecule has 0 N–H and O–H groups in total. The first-order valence-electron chi connectivity index (χ1n) is 3.12. The van der Waals surface area contributed by atoms with Gasteiger partial charge in [0, 0.05) is 0 Å². The number of allylic oxidation sites excluding steroid dienone is 1. The molecule has 0 saturated heterocycles. The van der Waals surface area contributed by atoms with Crippen molar-refractivity contribution in [3.63, 3.8) is 0 Å². The van der Waals surface area contributed by atoms with Gasteiger partial charge in [-0.15, -0.1) is 6.58 Å². The third-order valence-corrected chi connectivity index (χ3v) is 1.27. The standard InChI is InChI=1S/C7H13B/c1-3-4-5-7(2)6-8/h3,7H,1,4-6H2,2H3. The van der Waals surface area contributed by atoms with Gasteiger partial charge in [-0.1, -0.05) is 25.2 Å². The van der Waals surface area contributed by atoms with E-state index in [-0.39, 0.29) is 0 Å². The number of hydrogen-bond donors (Lipinski definition) is 0. The van der Waals surface area contributed by atoms with Crippen molar-refractivity contribution < 1.29 is 0 Å². The van der Waals surface area contributed by atoms with Crippen molar-refractivity contribution in [1.29, 1.82) is 0 Å². The van der Waals surface area contributed by atoms with Gasteiger partial charge in [0.05, 0.1) is 7.85 Å². The summed E-state index contributed by atoms with van der Waals surface area (Å²) in [5.41, 5.74) is 0. The molecule has 0 nitrogen and oxygen atoms in total. The summed E-state index contributed by atoms with van der Waals surface area (Å²) in [4.78, 5) is 0. The molecule has 0 amide bonds. The van der Waals surface area contributed by atoms with Crippen molar-refractivity contribution in [2.24, 2.45) is 5.92 Å². The SMILES string of the molecule is [B]CC(C)CCC=C. The van der Waals surface area contributed by atoms with Crippen LogP contribution in [0.1, 0.15) is 19.8 Å². The highest BCUT2D eigenvalue weighted by atomic mass is 14.0. The van der Waals surface area contributed by atoms with Crippen LogP contribution in [-0.4, -0.2) is 7.85 Å². The number of rotatable bonds is 4. The average Bonchev–Trinajstić information content (AvgIpc) is 1.83. The molecular formula is C7H13B. The van der Waals surface area contributed by atoms with Crippen LogP contribution in [0.5, 0.6) is 0 Å². The van der Waals surface area contributed by atoms with Crippen LogP contribution in [0.4, 0.5) is 0 Å². The van der Waals surface area contributed by atoms with E-state index in [1.165, 1.54) is 6.42 Å². The van der Waals surface area contributed by atoms with Crippen molar-refractivity contribution >= 4 is 7.85 Å². The van der Waals surface area contributed by atoms with Crippen molar-refractivity contribution in [3.05, 3.63) is 12.7 Å². The van der Waals surface area contributed by atoms with Gasteiger partial charge in [-0.3, -0.25) is 0 Å². The molecular weight excluding hydrogens is 94.9 g/mol. The number of hydrogen-bond acceptors (Lipinski definition) is 0. The lowest BCUT2D eigenvalue weighted by atomic mass is 9.89. The molecule has 0 aromatic rings. The van der Waals surface area contributed by atoms with Crippen LogP contribution in [0.15, 0.2) is 12.7 Å². The Labute approximate surface area is 53.4 Å². The zero-order chi connectivity index (χ0) is 6.41. The molecule has 0 fully saturated rings. The topological polar surface area (TPSA) is 0 Å². The van der Waals surface area contributed by atoms with Gasteiger partial charge in [0.25, 0.3) is 0 Å². The lowest BCUT2D eigenvalue weighted by molar-refractivity contribution is 0.594. The first kappa shape index (κ1) is 7.80. The van der Waals surface area contributed by atoms with Gasteiger partial charge >= 0.3 is 0 Å². The third kappa shape index (κ3) is 3.98. The van der Waals surface area contributed by atoms with Gasteiger partial charge in [0.2, 0.25) is 0 Å². The van der Waals surface area contributed by atoms with E-state index in [1.807, 2.05) is 6.08 Å². The minimum Gasteiger partial charge on any atom is -0.103 e. The summed E-state index contributed by atoms with van der Waals surface area (Å²) >= 11 is 0. The molecule has 0 spiro atoms. The van der Waals surface area contributed by atoms with E-state index in [4.69, 9.17) is 7.85 Å². The molecule has 0 aromatic carbocycles. The van der Waals surface area contributed by atoms with Gasteiger partial charge in [0.1, 0.15) is 0 Å². The second kappa shape index (κ2) is 4.95. The molecule has 0 heterocycles. The maximum atomic E-state index is 5.38. The Balaban J connectivity index is 2.97. The fourth-order valence-electron chi connectivity index (χ4n) is 0.520. The fourth-order valence-corrected chi connectivity index (χ4v) is 0.520. The van der Waals surface area contributed by atoms with Gasteiger partial charge in [-0.2, -0.15) is 0 Å². The second-order valence-electron chi connectivity index (χ2n) is 2.21. The van der Waals surface area contributed by atoms with E-state index in [1.54, 1.807) is 0 Å². The van der Waals surface area contributed by atoms with Crippen LogP contribution in [0.3, 0.4) is 0 Å². The molecule has 0 aliphatic heterocycles. The molecule has 1 atom stereocenters. The Bertz CT molecular complexity index is 59.4. The predicted octanol–water partition coefficient (Wildman–Crippen LogP) is 2.18. The zero-order valence-corrected chi connectivity index (χ0v) is 5.56.